The Hall–Kier alpha value is -2.60. The Morgan fingerprint density at radius 3 is 1.80 bits per heavy atom. The lowest BCUT2D eigenvalue weighted by Gasteiger charge is -2.21. The standard InChI is InChI=1S/C14H22.C13H16.C9H16.C4H8/c1-6-8-14-11(4)9-10(3)12(5)13(14)7-2;1-4-8-13(11(2)3)12-9-6-5-7-10-12;1-8(2)9-6-4-3-5-7-9;1-4(2)3/h9H,6-8H2,1-5H3;4-10,13H,2H2,1,3H3;9H,1,3-7H2,2H3;1H2,2-3H3. The summed E-state index contributed by atoms with van der Waals surface area (Å²) in [4.78, 5) is 0. The number of allylic oxidation sites excluding steroid dienone is 5. The molecule has 222 valence electrons. The summed E-state index contributed by atoms with van der Waals surface area (Å²) >= 11 is 0. The third-order valence-electron chi connectivity index (χ3n) is 7.55. The molecule has 2 aromatic rings. The highest BCUT2D eigenvalue weighted by Gasteiger charge is 2.12. The average Bonchev–Trinajstić information content (AvgIpc) is 2.92. The van der Waals surface area contributed by atoms with Gasteiger partial charge < -0.3 is 0 Å². The lowest BCUT2D eigenvalue weighted by molar-refractivity contribution is 0.404. The molecule has 1 aliphatic rings. The number of hydrogen-bond donors (Lipinski definition) is 0. The number of aryl methyl sites for hydroxylation is 2. The molecule has 3 rings (SSSR count). The van der Waals surface area contributed by atoms with Crippen LogP contribution < -0.4 is 0 Å². The highest BCUT2D eigenvalue weighted by molar-refractivity contribution is 5.44. The van der Waals surface area contributed by atoms with E-state index in [0.29, 0.717) is 5.92 Å². The van der Waals surface area contributed by atoms with Crippen LogP contribution in [0.15, 0.2) is 85.0 Å². The van der Waals surface area contributed by atoms with Gasteiger partial charge in [0.2, 0.25) is 0 Å². The van der Waals surface area contributed by atoms with Gasteiger partial charge in [-0.2, -0.15) is 0 Å². The van der Waals surface area contributed by atoms with Gasteiger partial charge in [0.1, 0.15) is 0 Å². The maximum atomic E-state index is 4.00. The van der Waals surface area contributed by atoms with Gasteiger partial charge in [-0.25, -0.2) is 0 Å². The molecule has 40 heavy (non-hydrogen) atoms. The molecular weight excluding hydrogens is 480 g/mol. The smallest absolute Gasteiger partial charge is 0.0222 e. The average molecular weight is 543 g/mol. The van der Waals surface area contributed by atoms with E-state index in [1.165, 1.54) is 90.3 Å². The predicted octanol–water partition coefficient (Wildman–Crippen LogP) is 12.8. The molecule has 0 aliphatic heterocycles. The molecule has 0 bridgehead atoms. The SMILES string of the molecule is C=C(C)C.C=C(C)C(C=CC)c1ccccc1.C=C(C)C1CCCCC1.CCCc1c(C)cc(C)c(C)c1CC. The summed E-state index contributed by atoms with van der Waals surface area (Å²) in [5.74, 6) is 1.23. The van der Waals surface area contributed by atoms with Crippen molar-refractivity contribution >= 4 is 0 Å². The summed E-state index contributed by atoms with van der Waals surface area (Å²) < 4.78 is 0. The second-order valence-corrected chi connectivity index (χ2v) is 11.8. The van der Waals surface area contributed by atoms with Gasteiger partial charge in [-0.3, -0.25) is 0 Å². The van der Waals surface area contributed by atoms with Gasteiger partial charge in [-0.1, -0.05) is 118 Å². The fraction of sp³-hybridized carbons (Fsp3) is 0.500. The molecule has 1 fully saturated rings. The molecule has 1 unspecified atom stereocenters. The van der Waals surface area contributed by atoms with Crippen molar-refractivity contribution in [3.05, 3.63) is 118 Å². The predicted molar refractivity (Wildman–Crippen MR) is 185 cm³/mol. The Kier molecular flexibility index (Phi) is 19.8. The zero-order valence-corrected chi connectivity index (χ0v) is 28.1. The molecule has 0 aromatic heterocycles. The fourth-order valence-corrected chi connectivity index (χ4v) is 5.31. The van der Waals surface area contributed by atoms with E-state index in [0.717, 1.165) is 5.92 Å². The summed E-state index contributed by atoms with van der Waals surface area (Å²) in [7, 11) is 0. The van der Waals surface area contributed by atoms with E-state index in [1.54, 1.807) is 11.1 Å². The van der Waals surface area contributed by atoms with Gasteiger partial charge in [0.25, 0.3) is 0 Å². The van der Waals surface area contributed by atoms with E-state index in [-0.39, 0.29) is 0 Å². The van der Waals surface area contributed by atoms with Gasteiger partial charge in [0.05, 0.1) is 0 Å². The largest absolute Gasteiger partial charge is 0.100 e. The Morgan fingerprint density at radius 1 is 0.850 bits per heavy atom. The molecule has 0 nitrogen and oxygen atoms in total. The van der Waals surface area contributed by atoms with E-state index in [1.807, 2.05) is 26.8 Å². The first-order valence-corrected chi connectivity index (χ1v) is 15.6. The van der Waals surface area contributed by atoms with Crippen molar-refractivity contribution < 1.29 is 0 Å². The summed E-state index contributed by atoms with van der Waals surface area (Å²) in [5, 5.41) is 0. The van der Waals surface area contributed by atoms with Crippen LogP contribution in [0.3, 0.4) is 0 Å². The van der Waals surface area contributed by atoms with Gasteiger partial charge >= 0.3 is 0 Å². The van der Waals surface area contributed by atoms with Gasteiger partial charge in [0, 0.05) is 5.92 Å². The zero-order valence-electron chi connectivity index (χ0n) is 28.1. The van der Waals surface area contributed by atoms with Crippen molar-refractivity contribution in [2.45, 2.75) is 127 Å². The van der Waals surface area contributed by atoms with Crippen LogP contribution in [0.25, 0.3) is 0 Å². The third-order valence-corrected chi connectivity index (χ3v) is 7.55. The first-order chi connectivity index (χ1) is 18.9. The first kappa shape index (κ1) is 37.4. The molecule has 2 aromatic carbocycles. The van der Waals surface area contributed by atoms with Crippen LogP contribution in [0.5, 0.6) is 0 Å². The highest BCUT2D eigenvalue weighted by Crippen LogP contribution is 2.28. The summed E-state index contributed by atoms with van der Waals surface area (Å²) in [6.07, 6.45) is 15.0. The second-order valence-electron chi connectivity index (χ2n) is 11.8. The van der Waals surface area contributed by atoms with Crippen molar-refractivity contribution in [2.24, 2.45) is 5.92 Å². The van der Waals surface area contributed by atoms with Crippen LogP contribution in [-0.2, 0) is 12.8 Å². The Balaban J connectivity index is 0.000000544. The monoisotopic (exact) mass is 542 g/mol. The molecule has 0 N–H and O–H groups in total. The van der Waals surface area contributed by atoms with Crippen molar-refractivity contribution in [1.29, 1.82) is 0 Å². The third kappa shape index (κ3) is 14.7. The zero-order chi connectivity index (χ0) is 30.7. The van der Waals surface area contributed by atoms with Crippen molar-refractivity contribution in [3.63, 3.8) is 0 Å². The minimum absolute atomic E-state index is 0.367. The van der Waals surface area contributed by atoms with E-state index in [9.17, 15) is 0 Å². The maximum Gasteiger partial charge on any atom is 0.0222 e. The molecule has 0 saturated heterocycles. The molecule has 1 atom stereocenters. The minimum Gasteiger partial charge on any atom is -0.100 e. The molecule has 0 amide bonds. The molecule has 1 aliphatic carbocycles. The second kappa shape index (κ2) is 21.2. The van der Waals surface area contributed by atoms with Crippen LogP contribution in [0.4, 0.5) is 0 Å². The molecule has 0 heteroatoms. The van der Waals surface area contributed by atoms with E-state index in [2.05, 4.69) is 111 Å². The van der Waals surface area contributed by atoms with Crippen LogP contribution in [0, 0.1) is 26.7 Å². The quantitative estimate of drug-likeness (QED) is 0.305. The van der Waals surface area contributed by atoms with Crippen molar-refractivity contribution in [1.82, 2.24) is 0 Å². The summed E-state index contributed by atoms with van der Waals surface area (Å²) in [6.45, 7) is 33.0. The van der Waals surface area contributed by atoms with Gasteiger partial charge in [-0.15, -0.1) is 6.58 Å². The molecule has 0 spiro atoms. The Bertz CT molecular complexity index is 1040. The first-order valence-electron chi connectivity index (χ1n) is 15.6. The van der Waals surface area contributed by atoms with Gasteiger partial charge in [0.15, 0.2) is 0 Å². The lowest BCUT2D eigenvalue weighted by Crippen LogP contribution is -2.05. The number of rotatable bonds is 7. The van der Waals surface area contributed by atoms with Crippen LogP contribution in [0.1, 0.15) is 126 Å². The van der Waals surface area contributed by atoms with E-state index < -0.39 is 0 Å². The normalized spacial score (nSPS) is 13.6. The summed E-state index contributed by atoms with van der Waals surface area (Å²) in [5.41, 5.74) is 12.7. The number of hydrogen-bond acceptors (Lipinski definition) is 0. The van der Waals surface area contributed by atoms with Crippen molar-refractivity contribution in [3.8, 4) is 0 Å². The molecule has 0 radical (unpaired) electrons. The Labute approximate surface area is 250 Å². The molecular formula is C40H62. The summed E-state index contributed by atoms with van der Waals surface area (Å²) in [6, 6.07) is 12.8. The number of benzene rings is 2. The molecule has 0 heterocycles. The minimum atomic E-state index is 0.367. The fourth-order valence-electron chi connectivity index (χ4n) is 5.31. The molecule has 1 saturated carbocycles. The van der Waals surface area contributed by atoms with E-state index >= 15 is 0 Å². The lowest BCUT2D eigenvalue weighted by atomic mass is 9.85. The van der Waals surface area contributed by atoms with Crippen LogP contribution >= 0.6 is 0 Å². The van der Waals surface area contributed by atoms with Crippen LogP contribution in [0.2, 0.25) is 0 Å². The van der Waals surface area contributed by atoms with Crippen molar-refractivity contribution in [2.75, 3.05) is 0 Å². The topological polar surface area (TPSA) is 0 Å². The van der Waals surface area contributed by atoms with E-state index in [4.69, 9.17) is 0 Å². The van der Waals surface area contributed by atoms with Gasteiger partial charge in [-0.05, 0) is 120 Å². The highest BCUT2D eigenvalue weighted by atomic mass is 14.2. The maximum absolute atomic E-state index is 4.00. The Morgan fingerprint density at radius 2 is 1.40 bits per heavy atom. The van der Waals surface area contributed by atoms with Crippen LogP contribution in [-0.4, -0.2) is 0 Å².